The van der Waals surface area contributed by atoms with Crippen LogP contribution in [-0.2, 0) is 11.3 Å². The molecule has 1 heterocycles. The Morgan fingerprint density at radius 1 is 1.29 bits per heavy atom. The zero-order valence-electron chi connectivity index (χ0n) is 11.0. The van der Waals surface area contributed by atoms with Crippen molar-refractivity contribution in [3.8, 4) is 0 Å². The van der Waals surface area contributed by atoms with E-state index in [1.807, 2.05) is 6.92 Å². The molecule has 4 heteroatoms. The minimum atomic E-state index is 0.372. The van der Waals surface area contributed by atoms with Crippen molar-refractivity contribution in [3.05, 3.63) is 11.7 Å². The van der Waals surface area contributed by atoms with Crippen molar-refractivity contribution in [2.75, 3.05) is 0 Å². The summed E-state index contributed by atoms with van der Waals surface area (Å²) in [5.41, 5.74) is 0. The van der Waals surface area contributed by atoms with E-state index in [-0.39, 0.29) is 0 Å². The van der Waals surface area contributed by atoms with Gasteiger partial charge in [0.15, 0.2) is 5.82 Å². The van der Waals surface area contributed by atoms with Crippen molar-refractivity contribution in [1.29, 1.82) is 0 Å². The lowest BCUT2D eigenvalue weighted by Gasteiger charge is -2.30. The van der Waals surface area contributed by atoms with Crippen molar-refractivity contribution in [2.24, 2.45) is 11.8 Å². The maximum absolute atomic E-state index is 5.81. The Balaban J connectivity index is 1.71. The van der Waals surface area contributed by atoms with Crippen LogP contribution in [0, 0.1) is 18.8 Å². The average Bonchev–Trinajstić information content (AvgIpc) is 2.73. The van der Waals surface area contributed by atoms with Gasteiger partial charge in [-0.15, -0.1) is 0 Å². The minimum absolute atomic E-state index is 0.372. The highest BCUT2D eigenvalue weighted by atomic mass is 16.5. The van der Waals surface area contributed by atoms with Crippen LogP contribution in [0.2, 0.25) is 0 Å². The standard InChI is InChI=1S/C13H22N2O2/c1-9(2)11-4-6-12(7-5-11)16-8-13-14-10(3)15-17-13/h9,11-12H,4-8H2,1-3H3. The maximum Gasteiger partial charge on any atom is 0.252 e. The van der Waals surface area contributed by atoms with Gasteiger partial charge in [0.2, 0.25) is 0 Å². The summed E-state index contributed by atoms with van der Waals surface area (Å²) in [7, 11) is 0. The van der Waals surface area contributed by atoms with Gasteiger partial charge in [-0.2, -0.15) is 4.98 Å². The van der Waals surface area contributed by atoms with Gasteiger partial charge in [-0.3, -0.25) is 0 Å². The molecule has 2 rings (SSSR count). The molecule has 1 aromatic heterocycles. The van der Waals surface area contributed by atoms with Gasteiger partial charge in [-0.05, 0) is 44.4 Å². The van der Waals surface area contributed by atoms with E-state index in [0.29, 0.717) is 24.4 Å². The van der Waals surface area contributed by atoms with Gasteiger partial charge in [0.05, 0.1) is 6.10 Å². The summed E-state index contributed by atoms with van der Waals surface area (Å²) < 4.78 is 10.8. The zero-order chi connectivity index (χ0) is 12.3. The second-order valence-corrected chi connectivity index (χ2v) is 5.33. The fourth-order valence-corrected chi connectivity index (χ4v) is 2.51. The molecule has 1 aliphatic rings. The van der Waals surface area contributed by atoms with Gasteiger partial charge in [-0.25, -0.2) is 0 Å². The Morgan fingerprint density at radius 2 is 2.00 bits per heavy atom. The summed E-state index contributed by atoms with van der Waals surface area (Å²) in [5.74, 6) is 2.94. The van der Waals surface area contributed by atoms with E-state index in [4.69, 9.17) is 9.26 Å². The molecule has 0 unspecified atom stereocenters. The molecule has 0 aromatic carbocycles. The number of ether oxygens (including phenoxy) is 1. The van der Waals surface area contributed by atoms with Crippen LogP contribution in [-0.4, -0.2) is 16.2 Å². The predicted octanol–water partition coefficient (Wildman–Crippen LogP) is 3.11. The molecule has 0 aliphatic heterocycles. The van der Waals surface area contributed by atoms with E-state index < -0.39 is 0 Å². The molecule has 0 radical (unpaired) electrons. The lowest BCUT2D eigenvalue weighted by atomic mass is 9.80. The summed E-state index contributed by atoms with van der Waals surface area (Å²) >= 11 is 0. The molecule has 96 valence electrons. The SMILES string of the molecule is Cc1noc(COC2CCC(C(C)C)CC2)n1. The third-order valence-electron chi connectivity index (χ3n) is 3.67. The largest absolute Gasteiger partial charge is 0.368 e. The third kappa shape index (κ3) is 3.53. The molecule has 0 bridgehead atoms. The van der Waals surface area contributed by atoms with E-state index in [1.165, 1.54) is 12.8 Å². The minimum Gasteiger partial charge on any atom is -0.368 e. The molecule has 0 saturated heterocycles. The molecule has 1 aliphatic carbocycles. The van der Waals surface area contributed by atoms with Crippen LogP contribution in [0.15, 0.2) is 4.52 Å². The molecule has 0 spiro atoms. The molecule has 0 atom stereocenters. The number of hydrogen-bond acceptors (Lipinski definition) is 4. The van der Waals surface area contributed by atoms with E-state index in [1.54, 1.807) is 0 Å². The Bertz CT molecular complexity index is 341. The smallest absolute Gasteiger partial charge is 0.252 e. The molecular formula is C13H22N2O2. The second kappa shape index (κ2) is 5.63. The highest BCUT2D eigenvalue weighted by Gasteiger charge is 2.23. The fourth-order valence-electron chi connectivity index (χ4n) is 2.51. The highest BCUT2D eigenvalue weighted by Crippen LogP contribution is 2.31. The summed E-state index contributed by atoms with van der Waals surface area (Å²) in [5, 5.41) is 3.75. The Morgan fingerprint density at radius 3 is 2.53 bits per heavy atom. The molecule has 0 amide bonds. The Hall–Kier alpha value is -0.900. The van der Waals surface area contributed by atoms with Gasteiger partial charge < -0.3 is 9.26 Å². The predicted molar refractivity (Wildman–Crippen MR) is 64.4 cm³/mol. The molecule has 1 saturated carbocycles. The number of hydrogen-bond donors (Lipinski definition) is 0. The normalized spacial score (nSPS) is 25.4. The van der Waals surface area contributed by atoms with Crippen molar-refractivity contribution in [2.45, 2.75) is 59.2 Å². The van der Waals surface area contributed by atoms with Crippen LogP contribution in [0.25, 0.3) is 0 Å². The first-order chi connectivity index (χ1) is 8.15. The first-order valence-electron chi connectivity index (χ1n) is 6.56. The van der Waals surface area contributed by atoms with Gasteiger partial charge in [0.1, 0.15) is 6.61 Å². The molecular weight excluding hydrogens is 216 g/mol. The Labute approximate surface area is 103 Å². The van der Waals surface area contributed by atoms with E-state index >= 15 is 0 Å². The van der Waals surface area contributed by atoms with Crippen LogP contribution in [0.1, 0.15) is 51.2 Å². The quantitative estimate of drug-likeness (QED) is 0.808. The van der Waals surface area contributed by atoms with Crippen LogP contribution in [0.3, 0.4) is 0 Å². The van der Waals surface area contributed by atoms with Crippen molar-refractivity contribution < 1.29 is 9.26 Å². The van der Waals surface area contributed by atoms with Gasteiger partial charge in [-0.1, -0.05) is 19.0 Å². The van der Waals surface area contributed by atoms with Crippen molar-refractivity contribution in [3.63, 3.8) is 0 Å². The second-order valence-electron chi connectivity index (χ2n) is 5.33. The summed E-state index contributed by atoms with van der Waals surface area (Å²) in [6.07, 6.45) is 5.26. The number of nitrogens with zero attached hydrogens (tertiary/aromatic N) is 2. The lowest BCUT2D eigenvalue weighted by Crippen LogP contribution is -2.24. The molecule has 4 nitrogen and oxygen atoms in total. The first kappa shape index (κ1) is 12.6. The lowest BCUT2D eigenvalue weighted by molar-refractivity contribution is -0.00799. The van der Waals surface area contributed by atoms with E-state index in [9.17, 15) is 0 Å². The number of rotatable bonds is 4. The van der Waals surface area contributed by atoms with Gasteiger partial charge in [0, 0.05) is 0 Å². The number of aromatic nitrogens is 2. The van der Waals surface area contributed by atoms with Gasteiger partial charge >= 0.3 is 0 Å². The average molecular weight is 238 g/mol. The van der Waals surface area contributed by atoms with Crippen LogP contribution >= 0.6 is 0 Å². The zero-order valence-corrected chi connectivity index (χ0v) is 11.0. The Kier molecular flexibility index (Phi) is 4.15. The van der Waals surface area contributed by atoms with Crippen LogP contribution in [0.5, 0.6) is 0 Å². The molecule has 17 heavy (non-hydrogen) atoms. The molecule has 1 fully saturated rings. The topological polar surface area (TPSA) is 48.2 Å². The maximum atomic E-state index is 5.81. The third-order valence-corrected chi connectivity index (χ3v) is 3.67. The van der Waals surface area contributed by atoms with Crippen molar-refractivity contribution >= 4 is 0 Å². The first-order valence-corrected chi connectivity index (χ1v) is 6.56. The summed E-state index contributed by atoms with van der Waals surface area (Å²) in [6.45, 7) is 6.90. The fraction of sp³-hybridized carbons (Fsp3) is 0.846. The van der Waals surface area contributed by atoms with E-state index in [2.05, 4.69) is 24.0 Å². The molecule has 0 N–H and O–H groups in total. The van der Waals surface area contributed by atoms with E-state index in [0.717, 1.165) is 24.7 Å². The summed E-state index contributed by atoms with van der Waals surface area (Å²) in [4.78, 5) is 4.14. The molecule has 1 aromatic rings. The van der Waals surface area contributed by atoms with Crippen LogP contribution < -0.4 is 0 Å². The van der Waals surface area contributed by atoms with Gasteiger partial charge in [0.25, 0.3) is 5.89 Å². The van der Waals surface area contributed by atoms with Crippen LogP contribution in [0.4, 0.5) is 0 Å². The highest BCUT2D eigenvalue weighted by molar-refractivity contribution is 4.81. The monoisotopic (exact) mass is 238 g/mol. The van der Waals surface area contributed by atoms with Crippen molar-refractivity contribution in [1.82, 2.24) is 10.1 Å². The number of aryl methyl sites for hydroxylation is 1. The summed E-state index contributed by atoms with van der Waals surface area (Å²) in [6, 6.07) is 0.